The summed E-state index contributed by atoms with van der Waals surface area (Å²) in [5.41, 5.74) is 2.83. The fraction of sp³-hybridized carbons (Fsp3) is 0.857. The quantitative estimate of drug-likeness (QED) is 0.598. The van der Waals surface area contributed by atoms with Crippen LogP contribution in [0.15, 0.2) is 0 Å². The average molecular weight is 204 g/mol. The molecule has 2 N–H and O–H groups in total. The molecule has 1 fully saturated rings. The van der Waals surface area contributed by atoms with E-state index in [0.29, 0.717) is 6.54 Å². The Morgan fingerprint density at radius 1 is 1.69 bits per heavy atom. The summed E-state index contributed by atoms with van der Waals surface area (Å²) >= 11 is 5.11. The number of aliphatic carboxylic acids is 1. The second kappa shape index (κ2) is 4.28. The van der Waals surface area contributed by atoms with Gasteiger partial charge in [-0.2, -0.15) is 0 Å². The number of rotatable bonds is 3. The molecule has 0 saturated carbocycles. The molecular weight excluding hydrogens is 190 g/mol. The van der Waals surface area contributed by atoms with E-state index in [2.05, 4.69) is 5.43 Å². The summed E-state index contributed by atoms with van der Waals surface area (Å²) in [6.07, 6.45) is 0.286. The van der Waals surface area contributed by atoms with E-state index >= 15 is 0 Å². The van der Waals surface area contributed by atoms with Crippen LogP contribution < -0.4 is 5.43 Å². The van der Waals surface area contributed by atoms with Gasteiger partial charge in [-0.1, -0.05) is 0 Å². The lowest BCUT2D eigenvalue weighted by Gasteiger charge is -2.30. The summed E-state index contributed by atoms with van der Waals surface area (Å²) in [4.78, 5) is 12.3. The van der Waals surface area contributed by atoms with Crippen molar-refractivity contribution in [1.82, 2.24) is 15.3 Å². The van der Waals surface area contributed by atoms with Crippen LogP contribution in [-0.2, 0) is 17.4 Å². The van der Waals surface area contributed by atoms with Gasteiger partial charge in [0.25, 0.3) is 0 Å². The molecule has 6 heteroatoms. The average Bonchev–Trinajstić information content (AvgIpc) is 2.24. The highest BCUT2D eigenvalue weighted by Crippen LogP contribution is 2.13. The van der Waals surface area contributed by atoms with Crippen molar-refractivity contribution >= 4 is 18.6 Å². The van der Waals surface area contributed by atoms with Gasteiger partial charge in [0, 0.05) is 13.6 Å². The Kier molecular flexibility index (Phi) is 3.55. The number of hydrazine groups is 1. The van der Waals surface area contributed by atoms with Crippen molar-refractivity contribution in [2.75, 3.05) is 13.6 Å². The summed E-state index contributed by atoms with van der Waals surface area (Å²) < 4.78 is 0. The molecule has 2 unspecified atom stereocenters. The first-order valence-electron chi connectivity index (χ1n) is 4.14. The predicted molar refractivity (Wildman–Crippen MR) is 50.5 cm³/mol. The lowest BCUT2D eigenvalue weighted by molar-refractivity contribution is -0.137. The van der Waals surface area contributed by atoms with Crippen LogP contribution in [0.25, 0.3) is 0 Å². The maximum absolute atomic E-state index is 10.4. The molecule has 0 aliphatic carbocycles. The van der Waals surface area contributed by atoms with Gasteiger partial charge in [0.1, 0.15) is 0 Å². The van der Waals surface area contributed by atoms with Crippen molar-refractivity contribution in [1.29, 1.82) is 0 Å². The number of carboxylic acid groups (broad SMARTS) is 1. The molecule has 0 aromatic carbocycles. The molecule has 1 aliphatic rings. The van der Waals surface area contributed by atoms with E-state index in [9.17, 15) is 4.79 Å². The Morgan fingerprint density at radius 2 is 2.31 bits per heavy atom. The van der Waals surface area contributed by atoms with Crippen molar-refractivity contribution < 1.29 is 9.90 Å². The molecule has 1 saturated heterocycles. The number of carboxylic acids is 1. The zero-order chi connectivity index (χ0) is 10.0. The Morgan fingerprint density at radius 3 is 2.69 bits per heavy atom. The number of nitrogens with zero attached hydrogens (tertiary/aromatic N) is 2. The molecule has 0 bridgehead atoms. The third-order valence-corrected chi connectivity index (χ3v) is 2.62. The van der Waals surface area contributed by atoms with Crippen molar-refractivity contribution in [2.24, 2.45) is 0 Å². The highest BCUT2D eigenvalue weighted by atomic mass is 32.1. The predicted octanol–water partition coefficient (Wildman–Crippen LogP) is -0.610. The summed E-state index contributed by atoms with van der Waals surface area (Å²) in [5, 5.41) is 10.4. The van der Waals surface area contributed by atoms with Crippen molar-refractivity contribution in [2.45, 2.75) is 25.0 Å². The summed E-state index contributed by atoms with van der Waals surface area (Å²) in [7, 11) is 1.89. The normalized spacial score (nSPS) is 31.0. The Hall–Kier alpha value is -0.300. The molecule has 13 heavy (non-hydrogen) atoms. The largest absolute Gasteiger partial charge is 0.757 e. The van der Waals surface area contributed by atoms with Gasteiger partial charge in [0.05, 0.1) is 12.6 Å². The zero-order valence-electron chi connectivity index (χ0n) is 7.73. The van der Waals surface area contributed by atoms with Crippen LogP contribution in [0.2, 0.25) is 0 Å². The monoisotopic (exact) mass is 204 g/mol. The van der Waals surface area contributed by atoms with E-state index < -0.39 is 5.97 Å². The van der Waals surface area contributed by atoms with Crippen molar-refractivity contribution in [3.63, 3.8) is 0 Å². The summed E-state index contributed by atoms with van der Waals surface area (Å²) in [6.45, 7) is 2.48. The van der Waals surface area contributed by atoms with Gasteiger partial charge in [-0.15, -0.1) is 0 Å². The first-order chi connectivity index (χ1) is 6.02. The molecule has 5 nitrogen and oxygen atoms in total. The van der Waals surface area contributed by atoms with Gasteiger partial charge >= 0.3 is 5.97 Å². The lowest BCUT2D eigenvalue weighted by atomic mass is 10.4. The Balaban J connectivity index is 2.44. The van der Waals surface area contributed by atoms with Crippen LogP contribution in [0.5, 0.6) is 0 Å². The Labute approximate surface area is 83.1 Å². The molecule has 2 atom stereocenters. The molecule has 1 rings (SSSR count). The highest BCUT2D eigenvalue weighted by molar-refractivity contribution is 7.59. The molecule has 0 aromatic heterocycles. The lowest BCUT2D eigenvalue weighted by Crippen LogP contribution is -2.38. The van der Waals surface area contributed by atoms with E-state index in [1.807, 2.05) is 23.9 Å². The minimum atomic E-state index is -0.788. The summed E-state index contributed by atoms with van der Waals surface area (Å²) in [6, 6.07) is 0. The SMILES string of the molecule is CC1N(C)NC([S-])N1CCC(=O)O. The van der Waals surface area contributed by atoms with Gasteiger partial charge in [-0.05, 0) is 12.4 Å². The van der Waals surface area contributed by atoms with Gasteiger partial charge in [-0.25, -0.2) is 5.01 Å². The first-order valence-corrected chi connectivity index (χ1v) is 4.62. The molecule has 0 amide bonds. The van der Waals surface area contributed by atoms with Crippen LogP contribution >= 0.6 is 0 Å². The van der Waals surface area contributed by atoms with Crippen LogP contribution in [-0.4, -0.2) is 46.2 Å². The second-order valence-electron chi connectivity index (χ2n) is 3.11. The van der Waals surface area contributed by atoms with E-state index in [0.717, 1.165) is 0 Å². The van der Waals surface area contributed by atoms with Crippen molar-refractivity contribution in [3.8, 4) is 0 Å². The molecule has 0 spiro atoms. The maximum Gasteiger partial charge on any atom is 0.304 e. The Bertz CT molecular complexity index is 202. The van der Waals surface area contributed by atoms with E-state index in [-0.39, 0.29) is 18.1 Å². The number of hydrogen-bond donors (Lipinski definition) is 2. The minimum Gasteiger partial charge on any atom is -0.757 e. The molecule has 76 valence electrons. The van der Waals surface area contributed by atoms with Gasteiger partial charge < -0.3 is 17.7 Å². The smallest absolute Gasteiger partial charge is 0.304 e. The molecule has 1 heterocycles. The van der Waals surface area contributed by atoms with Crippen LogP contribution in [0.3, 0.4) is 0 Å². The van der Waals surface area contributed by atoms with E-state index in [1.165, 1.54) is 0 Å². The number of carbonyl (C=O) groups is 1. The van der Waals surface area contributed by atoms with Gasteiger partial charge in [0.15, 0.2) is 0 Å². The van der Waals surface area contributed by atoms with Crippen molar-refractivity contribution in [3.05, 3.63) is 0 Å². The molecule has 0 aromatic rings. The zero-order valence-corrected chi connectivity index (χ0v) is 8.54. The second-order valence-corrected chi connectivity index (χ2v) is 3.55. The fourth-order valence-electron chi connectivity index (χ4n) is 1.30. The van der Waals surface area contributed by atoms with Gasteiger partial charge in [-0.3, -0.25) is 15.1 Å². The third-order valence-electron chi connectivity index (χ3n) is 2.24. The van der Waals surface area contributed by atoms with Gasteiger partial charge in [0.2, 0.25) is 0 Å². The highest BCUT2D eigenvalue weighted by Gasteiger charge is 2.26. The summed E-state index contributed by atoms with van der Waals surface area (Å²) in [5.74, 6) is -0.788. The number of hydrogen-bond acceptors (Lipinski definition) is 5. The molecular formula is C7H14N3O2S-. The fourth-order valence-corrected chi connectivity index (χ4v) is 1.75. The molecule has 0 radical (unpaired) electrons. The number of nitrogens with one attached hydrogen (secondary N) is 1. The third kappa shape index (κ3) is 2.57. The van der Waals surface area contributed by atoms with Crippen LogP contribution in [0, 0.1) is 0 Å². The minimum absolute atomic E-state index is 0.132. The maximum atomic E-state index is 10.4. The van der Waals surface area contributed by atoms with E-state index in [1.54, 1.807) is 0 Å². The van der Waals surface area contributed by atoms with E-state index in [4.69, 9.17) is 17.7 Å². The van der Waals surface area contributed by atoms with Crippen LogP contribution in [0.1, 0.15) is 13.3 Å². The molecule has 1 aliphatic heterocycles. The standard InChI is InChI=1S/C7H15N3O2S/c1-5-9(2)8-7(13)10(5)4-3-6(11)12/h5,7-8,13H,3-4H2,1-2H3,(H,11,12)/p-1. The van der Waals surface area contributed by atoms with Crippen LogP contribution in [0.4, 0.5) is 0 Å². The first kappa shape index (κ1) is 10.8. The topological polar surface area (TPSA) is 55.8 Å².